The fraction of sp³-hybridized carbons (Fsp3) is 0.529. The van der Waals surface area contributed by atoms with E-state index < -0.39 is 11.8 Å². The molecule has 1 amide bonds. The third kappa shape index (κ3) is 4.92. The maximum Gasteiger partial charge on any atom is 0.306 e. The molecule has 1 aromatic carbocycles. The first-order valence-electron chi connectivity index (χ1n) is 7.96. The first kappa shape index (κ1) is 18.2. The van der Waals surface area contributed by atoms with Gasteiger partial charge in [-0.05, 0) is 37.8 Å². The molecule has 0 unspecified atom stereocenters. The number of hydrogen-bond donors (Lipinski definition) is 2. The lowest BCUT2D eigenvalue weighted by Crippen LogP contribution is -2.29. The van der Waals surface area contributed by atoms with Crippen LogP contribution in [0.15, 0.2) is 18.2 Å². The number of anilines is 1. The molecule has 0 spiro atoms. The van der Waals surface area contributed by atoms with Gasteiger partial charge in [0.05, 0.1) is 18.2 Å². The molecule has 0 aliphatic heterocycles. The summed E-state index contributed by atoms with van der Waals surface area (Å²) in [6.45, 7) is 0.665. The van der Waals surface area contributed by atoms with Crippen molar-refractivity contribution < 1.29 is 28.6 Å². The van der Waals surface area contributed by atoms with Gasteiger partial charge in [-0.25, -0.2) is 4.39 Å². The highest BCUT2D eigenvalue weighted by atomic mass is 19.1. The third-order valence-electron chi connectivity index (χ3n) is 4.19. The second-order valence-electron chi connectivity index (χ2n) is 5.86. The fourth-order valence-corrected chi connectivity index (χ4v) is 2.80. The lowest BCUT2D eigenvalue weighted by atomic mass is 9.81. The zero-order valence-corrected chi connectivity index (χ0v) is 13.6. The van der Waals surface area contributed by atoms with Crippen molar-refractivity contribution in [1.82, 2.24) is 0 Å². The van der Waals surface area contributed by atoms with E-state index in [4.69, 9.17) is 14.6 Å². The van der Waals surface area contributed by atoms with E-state index in [9.17, 15) is 14.0 Å². The highest BCUT2D eigenvalue weighted by Crippen LogP contribution is 2.31. The average molecular weight is 339 g/mol. The van der Waals surface area contributed by atoms with E-state index in [2.05, 4.69) is 5.32 Å². The number of aliphatic carboxylic acids is 1. The number of nitrogens with one attached hydrogen (secondary N) is 1. The number of carbonyl (C=O) groups excluding carboxylic acids is 1. The second kappa shape index (κ2) is 8.63. The molecule has 1 saturated carbocycles. The Hall–Kier alpha value is -2.15. The molecule has 0 aromatic heterocycles. The van der Waals surface area contributed by atoms with Crippen LogP contribution in [-0.4, -0.2) is 37.3 Å². The van der Waals surface area contributed by atoms with E-state index in [1.54, 1.807) is 7.11 Å². The number of hydrogen-bond acceptors (Lipinski definition) is 4. The van der Waals surface area contributed by atoms with Crippen LogP contribution in [0.2, 0.25) is 0 Å². The molecule has 6 nitrogen and oxygen atoms in total. The standard InChI is InChI=1S/C17H22FNO5/c1-23-8-9-24-15-7-6-13(18)10-14(15)19-16(20)11-2-4-12(5-3-11)17(21)22/h6-7,10-12H,2-5,8-9H2,1H3,(H,19,20)(H,21,22). The number of methoxy groups -OCH3 is 1. The highest BCUT2D eigenvalue weighted by Gasteiger charge is 2.30. The number of carbonyl (C=O) groups is 2. The number of halogens is 1. The summed E-state index contributed by atoms with van der Waals surface area (Å²) in [6.07, 6.45) is 1.98. The van der Waals surface area contributed by atoms with Crippen molar-refractivity contribution in [3.8, 4) is 5.75 Å². The minimum Gasteiger partial charge on any atom is -0.489 e. The molecular formula is C17H22FNO5. The zero-order chi connectivity index (χ0) is 17.5. The van der Waals surface area contributed by atoms with Gasteiger partial charge in [-0.2, -0.15) is 0 Å². The van der Waals surface area contributed by atoms with Crippen LogP contribution in [0.25, 0.3) is 0 Å². The SMILES string of the molecule is COCCOc1ccc(F)cc1NC(=O)C1CCC(C(=O)O)CC1. The van der Waals surface area contributed by atoms with Crippen LogP contribution in [0.1, 0.15) is 25.7 Å². The van der Waals surface area contributed by atoms with Crippen molar-refractivity contribution in [2.45, 2.75) is 25.7 Å². The quantitative estimate of drug-likeness (QED) is 0.746. The Kier molecular flexibility index (Phi) is 6.54. The van der Waals surface area contributed by atoms with Gasteiger partial charge in [-0.1, -0.05) is 0 Å². The molecule has 2 N–H and O–H groups in total. The second-order valence-corrected chi connectivity index (χ2v) is 5.86. The Bertz CT molecular complexity index is 584. The molecule has 1 aliphatic carbocycles. The topological polar surface area (TPSA) is 84.9 Å². The van der Waals surface area contributed by atoms with Gasteiger partial charge < -0.3 is 19.9 Å². The van der Waals surface area contributed by atoms with Gasteiger partial charge in [0.15, 0.2) is 0 Å². The Morgan fingerprint density at radius 2 is 1.88 bits per heavy atom. The molecule has 0 radical (unpaired) electrons. The number of ether oxygens (including phenoxy) is 2. The minimum atomic E-state index is -0.812. The fourth-order valence-electron chi connectivity index (χ4n) is 2.80. The van der Waals surface area contributed by atoms with E-state index in [1.165, 1.54) is 18.2 Å². The number of carboxylic acid groups (broad SMARTS) is 1. The summed E-state index contributed by atoms with van der Waals surface area (Å²) in [5.41, 5.74) is 0.275. The molecule has 2 rings (SSSR count). The van der Waals surface area contributed by atoms with Gasteiger partial charge in [0, 0.05) is 19.1 Å². The van der Waals surface area contributed by atoms with Crippen LogP contribution in [0.3, 0.4) is 0 Å². The van der Waals surface area contributed by atoms with E-state index in [1.807, 2.05) is 0 Å². The number of carboxylic acids is 1. The van der Waals surface area contributed by atoms with Gasteiger partial charge in [-0.3, -0.25) is 9.59 Å². The summed E-state index contributed by atoms with van der Waals surface area (Å²) < 4.78 is 23.9. The van der Waals surface area contributed by atoms with Crippen LogP contribution in [-0.2, 0) is 14.3 Å². The van der Waals surface area contributed by atoms with Gasteiger partial charge in [0.2, 0.25) is 5.91 Å². The summed E-state index contributed by atoms with van der Waals surface area (Å²) in [6, 6.07) is 3.93. The lowest BCUT2D eigenvalue weighted by Gasteiger charge is -2.25. The molecule has 24 heavy (non-hydrogen) atoms. The maximum atomic E-state index is 13.5. The van der Waals surface area contributed by atoms with Gasteiger partial charge >= 0.3 is 5.97 Å². The van der Waals surface area contributed by atoms with Crippen LogP contribution in [0.4, 0.5) is 10.1 Å². The molecule has 7 heteroatoms. The van der Waals surface area contributed by atoms with E-state index in [-0.39, 0.29) is 30.0 Å². The lowest BCUT2D eigenvalue weighted by molar-refractivity contribution is -0.143. The van der Waals surface area contributed by atoms with Crippen molar-refractivity contribution in [2.75, 3.05) is 25.6 Å². The van der Waals surface area contributed by atoms with Crippen LogP contribution in [0.5, 0.6) is 5.75 Å². The Morgan fingerprint density at radius 1 is 1.21 bits per heavy atom. The molecule has 1 aliphatic rings. The molecule has 0 bridgehead atoms. The van der Waals surface area contributed by atoms with Crippen molar-refractivity contribution in [1.29, 1.82) is 0 Å². The normalized spacial score (nSPS) is 20.4. The summed E-state index contributed by atoms with van der Waals surface area (Å²) in [5.74, 6) is -1.79. The van der Waals surface area contributed by atoms with Crippen LogP contribution >= 0.6 is 0 Å². The predicted octanol–water partition coefficient (Wildman–Crippen LogP) is 2.68. The summed E-state index contributed by atoms with van der Waals surface area (Å²) in [7, 11) is 1.55. The van der Waals surface area contributed by atoms with Crippen molar-refractivity contribution in [2.24, 2.45) is 11.8 Å². The zero-order valence-electron chi connectivity index (χ0n) is 13.6. The largest absolute Gasteiger partial charge is 0.489 e. The van der Waals surface area contributed by atoms with Crippen molar-refractivity contribution in [3.05, 3.63) is 24.0 Å². The monoisotopic (exact) mass is 339 g/mol. The Morgan fingerprint density at radius 3 is 2.50 bits per heavy atom. The van der Waals surface area contributed by atoms with Crippen molar-refractivity contribution >= 4 is 17.6 Å². The van der Waals surface area contributed by atoms with E-state index >= 15 is 0 Å². The average Bonchev–Trinajstić information content (AvgIpc) is 2.57. The molecular weight excluding hydrogens is 317 g/mol. The first-order chi connectivity index (χ1) is 11.5. The minimum absolute atomic E-state index is 0.235. The highest BCUT2D eigenvalue weighted by molar-refractivity contribution is 5.94. The summed E-state index contributed by atoms with van der Waals surface area (Å²) >= 11 is 0. The van der Waals surface area contributed by atoms with E-state index in [0.29, 0.717) is 38.0 Å². The molecule has 0 saturated heterocycles. The number of benzene rings is 1. The Balaban J connectivity index is 1.98. The third-order valence-corrected chi connectivity index (χ3v) is 4.19. The Labute approximate surface area is 139 Å². The van der Waals surface area contributed by atoms with Crippen LogP contribution < -0.4 is 10.1 Å². The van der Waals surface area contributed by atoms with Crippen LogP contribution in [0, 0.1) is 17.7 Å². The van der Waals surface area contributed by atoms with Gasteiger partial charge in [0.1, 0.15) is 18.2 Å². The summed E-state index contributed by atoms with van der Waals surface area (Å²) in [5, 5.41) is 11.7. The van der Waals surface area contributed by atoms with Gasteiger partial charge in [-0.15, -0.1) is 0 Å². The molecule has 1 fully saturated rings. The number of rotatable bonds is 7. The smallest absolute Gasteiger partial charge is 0.306 e. The predicted molar refractivity (Wildman–Crippen MR) is 85.5 cm³/mol. The van der Waals surface area contributed by atoms with Crippen molar-refractivity contribution in [3.63, 3.8) is 0 Å². The molecule has 132 valence electrons. The molecule has 0 atom stereocenters. The first-order valence-corrected chi connectivity index (χ1v) is 7.96. The number of amides is 1. The molecule has 1 aromatic rings. The summed E-state index contributed by atoms with van der Waals surface area (Å²) in [4.78, 5) is 23.3. The van der Waals surface area contributed by atoms with Gasteiger partial charge in [0.25, 0.3) is 0 Å². The van der Waals surface area contributed by atoms with E-state index in [0.717, 1.165) is 0 Å². The maximum absolute atomic E-state index is 13.5. The molecule has 0 heterocycles.